The zero-order valence-electron chi connectivity index (χ0n) is 26.5. The van der Waals surface area contributed by atoms with Gasteiger partial charge in [0.15, 0.2) is 0 Å². The molecule has 1 amide bonds. The number of anilines is 1. The van der Waals surface area contributed by atoms with Gasteiger partial charge < -0.3 is 24.2 Å². The third kappa shape index (κ3) is 10.5. The highest BCUT2D eigenvalue weighted by Crippen LogP contribution is 2.38. The van der Waals surface area contributed by atoms with Crippen LogP contribution in [-0.4, -0.2) is 64.9 Å². The van der Waals surface area contributed by atoms with Crippen molar-refractivity contribution in [2.75, 3.05) is 24.8 Å². The number of alkyl halides is 3. The van der Waals surface area contributed by atoms with Crippen LogP contribution in [-0.2, 0) is 27.4 Å². The van der Waals surface area contributed by atoms with Crippen LogP contribution >= 0.6 is 11.6 Å². The second kappa shape index (κ2) is 15.2. The molecule has 10 nitrogen and oxygen atoms in total. The average Bonchev–Trinajstić information content (AvgIpc) is 2.98. The number of hydrogen-bond acceptors (Lipinski definition) is 8. The molecule has 0 spiro atoms. The van der Waals surface area contributed by atoms with E-state index < -0.39 is 29.8 Å². The van der Waals surface area contributed by atoms with Gasteiger partial charge in [0.25, 0.3) is 0 Å². The van der Waals surface area contributed by atoms with Crippen LogP contribution in [0.4, 0.5) is 23.7 Å². The standard InChI is InChI=1S/C33H37ClF3N3O7/c1-21(47-40-19-24-17-23(30(41)42)10-11-25(24)29-27(40)8-7-13-38-29)20-44-15-6-5-14-39(31(43)46-32(2,3)4)18-22-9-12-28(26(34)16-22)45-33(35,36)37/h7-13,16-17,21H,5-6,14-15,18-20H2,1-4H3,(H,41,42)/t21-/m1/s1. The minimum atomic E-state index is -4.88. The van der Waals surface area contributed by atoms with Crippen molar-refractivity contribution in [1.29, 1.82) is 0 Å². The van der Waals surface area contributed by atoms with Crippen molar-refractivity contribution in [2.24, 2.45) is 0 Å². The van der Waals surface area contributed by atoms with Gasteiger partial charge in [-0.05, 0) is 88.1 Å². The topological polar surface area (TPSA) is 111 Å². The van der Waals surface area contributed by atoms with Crippen LogP contribution in [0.25, 0.3) is 11.3 Å². The minimum absolute atomic E-state index is 0.0654. The zero-order valence-corrected chi connectivity index (χ0v) is 27.2. The van der Waals surface area contributed by atoms with Crippen molar-refractivity contribution in [3.8, 4) is 17.0 Å². The summed E-state index contributed by atoms with van der Waals surface area (Å²) in [7, 11) is 0. The second-order valence-corrected chi connectivity index (χ2v) is 12.4. The number of carbonyl (C=O) groups excluding carboxylic acids is 1. The Balaban J connectivity index is 1.28. The number of halogens is 4. The summed E-state index contributed by atoms with van der Waals surface area (Å²) in [6.07, 6.45) is -2.96. The highest BCUT2D eigenvalue weighted by molar-refractivity contribution is 6.32. The quantitative estimate of drug-likeness (QED) is 0.180. The lowest BCUT2D eigenvalue weighted by atomic mass is 9.96. The zero-order chi connectivity index (χ0) is 34.4. The van der Waals surface area contributed by atoms with E-state index in [4.69, 9.17) is 25.9 Å². The number of amides is 1. The number of hydroxylamine groups is 1. The van der Waals surface area contributed by atoms with Crippen molar-refractivity contribution >= 4 is 29.4 Å². The third-order valence-electron chi connectivity index (χ3n) is 6.85. The predicted molar refractivity (Wildman–Crippen MR) is 168 cm³/mol. The second-order valence-electron chi connectivity index (χ2n) is 12.0. The number of carboxylic acids is 1. The summed E-state index contributed by atoms with van der Waals surface area (Å²) in [5.41, 5.74) is 3.04. The largest absolute Gasteiger partial charge is 0.573 e. The summed E-state index contributed by atoms with van der Waals surface area (Å²) in [5.74, 6) is -1.54. The van der Waals surface area contributed by atoms with Gasteiger partial charge in [-0.2, -0.15) is 0 Å². The van der Waals surface area contributed by atoms with E-state index in [1.54, 1.807) is 56.3 Å². The molecule has 3 aromatic rings. The van der Waals surface area contributed by atoms with Gasteiger partial charge in [-0.15, -0.1) is 13.2 Å². The Bertz CT molecular complexity index is 1570. The molecule has 0 saturated heterocycles. The summed E-state index contributed by atoms with van der Waals surface area (Å²) in [5, 5.41) is 10.9. The first kappa shape index (κ1) is 35.8. The maximum atomic E-state index is 12.9. The molecule has 0 saturated carbocycles. The number of carbonyl (C=O) groups is 2. The molecule has 0 radical (unpaired) electrons. The molecular formula is C33H37ClF3N3O7. The highest BCUT2D eigenvalue weighted by atomic mass is 35.5. The lowest BCUT2D eigenvalue weighted by molar-refractivity contribution is -0.274. The third-order valence-corrected chi connectivity index (χ3v) is 7.15. The number of ether oxygens (including phenoxy) is 3. The lowest BCUT2D eigenvalue weighted by Gasteiger charge is -2.33. The molecule has 1 aliphatic rings. The number of carboxylic acid groups (broad SMARTS) is 1. The Labute approximate surface area is 275 Å². The number of pyridine rings is 1. The number of aromatic carboxylic acids is 1. The van der Waals surface area contributed by atoms with Crippen LogP contribution in [0, 0.1) is 0 Å². The number of rotatable bonds is 13. The first-order chi connectivity index (χ1) is 22.1. The summed E-state index contributed by atoms with van der Waals surface area (Å²) in [4.78, 5) is 36.6. The molecule has 1 aliphatic heterocycles. The summed E-state index contributed by atoms with van der Waals surface area (Å²) in [6.45, 7) is 8.45. The van der Waals surface area contributed by atoms with Gasteiger partial charge in [-0.1, -0.05) is 23.7 Å². The van der Waals surface area contributed by atoms with Crippen LogP contribution in [0.3, 0.4) is 0 Å². The summed E-state index contributed by atoms with van der Waals surface area (Å²) < 4.78 is 53.2. The lowest BCUT2D eigenvalue weighted by Crippen LogP contribution is -2.37. The average molecular weight is 680 g/mol. The molecule has 0 aliphatic carbocycles. The molecule has 0 bridgehead atoms. The molecule has 47 heavy (non-hydrogen) atoms. The van der Waals surface area contributed by atoms with Gasteiger partial charge in [0.05, 0.1) is 35.1 Å². The molecule has 254 valence electrons. The Morgan fingerprint density at radius 2 is 1.87 bits per heavy atom. The first-order valence-corrected chi connectivity index (χ1v) is 15.3. The SMILES string of the molecule is C[C@H](COCCCCN(Cc1ccc(OC(F)(F)F)c(Cl)c1)C(=O)OC(C)(C)C)ON1Cc2cc(C(=O)O)ccc2-c2ncccc21. The molecule has 0 fully saturated rings. The van der Waals surface area contributed by atoms with Gasteiger partial charge in [-0.25, -0.2) is 14.7 Å². The molecule has 2 aromatic carbocycles. The van der Waals surface area contributed by atoms with Crippen molar-refractivity contribution < 1.29 is 46.9 Å². The number of benzene rings is 2. The summed E-state index contributed by atoms with van der Waals surface area (Å²) >= 11 is 6.00. The van der Waals surface area contributed by atoms with E-state index in [0.29, 0.717) is 43.8 Å². The van der Waals surface area contributed by atoms with Crippen LogP contribution in [0.2, 0.25) is 5.02 Å². The van der Waals surface area contributed by atoms with Crippen molar-refractivity contribution in [1.82, 2.24) is 9.88 Å². The molecular weight excluding hydrogens is 643 g/mol. The maximum Gasteiger partial charge on any atom is 0.573 e. The van der Waals surface area contributed by atoms with E-state index in [-0.39, 0.29) is 29.8 Å². The number of nitrogens with zero attached hydrogens (tertiary/aromatic N) is 3. The van der Waals surface area contributed by atoms with E-state index in [9.17, 15) is 27.9 Å². The molecule has 1 atom stereocenters. The first-order valence-electron chi connectivity index (χ1n) is 15.0. The Morgan fingerprint density at radius 1 is 1.11 bits per heavy atom. The normalized spacial score (nSPS) is 13.4. The fourth-order valence-electron chi connectivity index (χ4n) is 4.86. The highest BCUT2D eigenvalue weighted by Gasteiger charge is 2.32. The number of hydrogen-bond donors (Lipinski definition) is 1. The maximum absolute atomic E-state index is 12.9. The fourth-order valence-corrected chi connectivity index (χ4v) is 5.11. The molecule has 1 N–H and O–H groups in total. The van der Waals surface area contributed by atoms with Gasteiger partial charge in [0.1, 0.15) is 17.5 Å². The summed E-state index contributed by atoms with van der Waals surface area (Å²) in [6, 6.07) is 12.5. The van der Waals surface area contributed by atoms with Crippen molar-refractivity contribution in [3.63, 3.8) is 0 Å². The van der Waals surface area contributed by atoms with Gasteiger partial charge in [-0.3, -0.25) is 9.82 Å². The molecule has 2 heterocycles. The van der Waals surface area contributed by atoms with E-state index in [1.165, 1.54) is 17.0 Å². The Morgan fingerprint density at radius 3 is 2.55 bits per heavy atom. The number of unbranched alkanes of at least 4 members (excludes halogenated alkanes) is 1. The van der Waals surface area contributed by atoms with Crippen LogP contribution in [0.1, 0.15) is 62.0 Å². The van der Waals surface area contributed by atoms with Crippen LogP contribution in [0.5, 0.6) is 5.75 Å². The van der Waals surface area contributed by atoms with Crippen LogP contribution in [0.15, 0.2) is 54.7 Å². The van der Waals surface area contributed by atoms with E-state index in [2.05, 4.69) is 9.72 Å². The van der Waals surface area contributed by atoms with Gasteiger partial charge in [0.2, 0.25) is 0 Å². The Kier molecular flexibility index (Phi) is 11.6. The van der Waals surface area contributed by atoms with Gasteiger partial charge >= 0.3 is 18.4 Å². The van der Waals surface area contributed by atoms with E-state index >= 15 is 0 Å². The minimum Gasteiger partial charge on any atom is -0.478 e. The molecule has 1 aromatic heterocycles. The number of aromatic nitrogens is 1. The monoisotopic (exact) mass is 679 g/mol. The van der Waals surface area contributed by atoms with Crippen LogP contribution < -0.4 is 9.80 Å². The Hall–Kier alpha value is -4.07. The molecule has 4 rings (SSSR count). The fraction of sp³-hybridized carbons (Fsp3) is 0.424. The van der Waals surface area contributed by atoms with E-state index in [0.717, 1.165) is 22.9 Å². The molecule has 0 unspecified atom stereocenters. The van der Waals surface area contributed by atoms with Crippen molar-refractivity contribution in [2.45, 2.75) is 71.7 Å². The van der Waals surface area contributed by atoms with Crippen molar-refractivity contribution in [3.05, 3.63) is 76.4 Å². The van der Waals surface area contributed by atoms with E-state index in [1.807, 2.05) is 13.0 Å². The number of fused-ring (bicyclic) bond motifs is 3. The predicted octanol–water partition coefficient (Wildman–Crippen LogP) is 7.87. The molecule has 14 heteroatoms. The van der Waals surface area contributed by atoms with Gasteiger partial charge in [0, 0.05) is 31.5 Å². The smallest absolute Gasteiger partial charge is 0.478 e.